The van der Waals surface area contributed by atoms with E-state index < -0.39 is 182 Å². The van der Waals surface area contributed by atoms with E-state index in [9.17, 15) is 76.7 Å². The van der Waals surface area contributed by atoms with Crippen LogP contribution in [0, 0.1) is 70.0 Å². The van der Waals surface area contributed by atoms with E-state index in [0.717, 1.165) is 0 Å². The molecule has 4 rings (SSSR count). The Bertz CT molecular complexity index is 1980. The van der Waals surface area contributed by atoms with Crippen LogP contribution in [0.1, 0.15) is 126 Å². The summed E-state index contributed by atoms with van der Waals surface area (Å²) in [6.45, 7) is 11.1. The average molecular weight is 877 g/mol. The second-order valence-electron chi connectivity index (χ2n) is 18.5. The molecule has 0 aromatic heterocycles. The summed E-state index contributed by atoms with van der Waals surface area (Å²) < 4.78 is 0. The third-order valence-electron chi connectivity index (χ3n) is 13.5. The fourth-order valence-corrected chi connectivity index (χ4v) is 9.78. The Kier molecular flexibility index (Phi) is 15.4. The monoisotopic (exact) mass is 876 g/mol. The van der Waals surface area contributed by atoms with Crippen LogP contribution >= 0.6 is 0 Å². The Balaban J connectivity index is 1.82. The molecular weight excluding hydrogens is 821 g/mol. The minimum Gasteiger partial charge on any atom is -0.298 e. The number of Topliss-reactive ketones (excluding diaryl/α,β-unsaturated/α-hetero) is 16. The molecule has 0 N–H and O–H groups in total. The second-order valence-corrected chi connectivity index (χ2v) is 18.5. The van der Waals surface area contributed by atoms with Gasteiger partial charge in [-0.05, 0) is 72.6 Å². The Labute approximate surface area is 364 Å². The first-order valence-corrected chi connectivity index (χ1v) is 21.9. The molecule has 0 radical (unpaired) electrons. The number of rotatable bonds is 18. The molecule has 4 aliphatic carbocycles. The minimum absolute atomic E-state index is 0.132. The first-order chi connectivity index (χ1) is 29.3. The molecule has 63 heavy (non-hydrogen) atoms. The summed E-state index contributed by atoms with van der Waals surface area (Å²) in [6, 6.07) is 0. The van der Waals surface area contributed by atoms with Crippen molar-refractivity contribution < 1.29 is 76.7 Å². The lowest BCUT2D eigenvalue weighted by Crippen LogP contribution is -2.59. The van der Waals surface area contributed by atoms with Crippen molar-refractivity contribution in [1.29, 1.82) is 0 Å². The van der Waals surface area contributed by atoms with Gasteiger partial charge in [-0.25, -0.2) is 0 Å². The fourth-order valence-electron chi connectivity index (χ4n) is 9.78. The molecule has 340 valence electrons. The van der Waals surface area contributed by atoms with Crippen molar-refractivity contribution in [2.75, 3.05) is 0 Å². The molecule has 0 aromatic carbocycles. The lowest BCUT2D eigenvalue weighted by Gasteiger charge is -2.39. The van der Waals surface area contributed by atoms with Crippen molar-refractivity contribution in [3.8, 4) is 0 Å². The summed E-state index contributed by atoms with van der Waals surface area (Å²) in [5, 5.41) is 0. The van der Waals surface area contributed by atoms with Crippen LogP contribution in [0.25, 0.3) is 0 Å². The van der Waals surface area contributed by atoms with E-state index in [1.165, 1.54) is 27.7 Å². The molecule has 16 heteroatoms. The Morgan fingerprint density at radius 2 is 0.524 bits per heavy atom. The summed E-state index contributed by atoms with van der Waals surface area (Å²) in [5.74, 6) is -37.5. The summed E-state index contributed by atoms with van der Waals surface area (Å²) in [5.41, 5.74) is -3.84. The van der Waals surface area contributed by atoms with Crippen molar-refractivity contribution >= 4 is 92.5 Å². The van der Waals surface area contributed by atoms with Gasteiger partial charge in [-0.2, -0.15) is 0 Å². The molecule has 0 spiro atoms. The zero-order valence-corrected chi connectivity index (χ0v) is 37.1. The fraction of sp³-hybridized carbons (Fsp3) is 0.660. The van der Waals surface area contributed by atoms with Crippen molar-refractivity contribution in [3.05, 3.63) is 0 Å². The van der Waals surface area contributed by atoms with Crippen LogP contribution in [0.3, 0.4) is 0 Å². The van der Waals surface area contributed by atoms with E-state index in [2.05, 4.69) is 0 Å². The smallest absolute Gasteiger partial charge is 0.163 e. The number of hydrogen-bond acceptors (Lipinski definition) is 16. The zero-order chi connectivity index (χ0) is 47.8. The average Bonchev–Trinajstić information content (AvgIpc) is 3.19. The maximum Gasteiger partial charge on any atom is 0.163 e. The van der Waals surface area contributed by atoms with Crippen LogP contribution in [0.4, 0.5) is 0 Å². The van der Waals surface area contributed by atoms with E-state index in [1.807, 2.05) is 0 Å². The largest absolute Gasteiger partial charge is 0.298 e. The van der Waals surface area contributed by atoms with Crippen LogP contribution in [-0.2, 0) is 76.7 Å². The first kappa shape index (κ1) is 50.4. The highest BCUT2D eigenvalue weighted by atomic mass is 16.2. The van der Waals surface area contributed by atoms with Gasteiger partial charge in [-0.1, -0.05) is 27.7 Å². The molecule has 0 aliphatic heterocycles. The lowest BCUT2D eigenvalue weighted by molar-refractivity contribution is -0.161. The summed E-state index contributed by atoms with van der Waals surface area (Å²) in [7, 11) is 0. The molecule has 0 heterocycles. The van der Waals surface area contributed by atoms with Crippen molar-refractivity contribution in [1.82, 2.24) is 0 Å². The highest BCUT2D eigenvalue weighted by molar-refractivity contribution is 6.37. The quantitative estimate of drug-likeness (QED) is 0.179. The molecule has 16 nitrogen and oxygen atoms in total. The third-order valence-corrected chi connectivity index (χ3v) is 13.5. The summed E-state index contributed by atoms with van der Waals surface area (Å²) >= 11 is 0. The maximum absolute atomic E-state index is 14.5. The van der Waals surface area contributed by atoms with Gasteiger partial charge in [0, 0.05) is 25.7 Å². The maximum atomic E-state index is 14.5. The van der Waals surface area contributed by atoms with Gasteiger partial charge in [0.1, 0.15) is 23.7 Å². The van der Waals surface area contributed by atoms with Crippen LogP contribution in [0.2, 0.25) is 0 Å². The molecule has 0 bridgehead atoms. The van der Waals surface area contributed by atoms with Crippen LogP contribution in [0.15, 0.2) is 0 Å². The standard InChI is InChI=1S/C47H56O16/c1-9-13-26(48)30-36(54)20(34(52)22(38(30)56)18-24-40(58)32(28(50)15-11-3)44(62)46(5,6)42(24)60)17-21-35(53)23(39(57)31(37(21)55)27(49)14-10-2)19-25-41(59)33(29(51)16-12-4)45(63)47(7,8)43(25)61/h20-25,30-33H,9-19H2,1-8H3. The molecule has 10 atom stereocenters. The van der Waals surface area contributed by atoms with Crippen LogP contribution < -0.4 is 0 Å². The second kappa shape index (κ2) is 19.2. The minimum atomic E-state index is -2.16. The van der Waals surface area contributed by atoms with Gasteiger partial charge >= 0.3 is 0 Å². The number of hydrogen-bond donors (Lipinski definition) is 0. The van der Waals surface area contributed by atoms with Gasteiger partial charge in [-0.3, -0.25) is 76.7 Å². The number of carbonyl (C=O) groups excluding carboxylic acids is 16. The van der Waals surface area contributed by atoms with Gasteiger partial charge in [-0.15, -0.1) is 0 Å². The Morgan fingerprint density at radius 1 is 0.317 bits per heavy atom. The molecular formula is C47H56O16. The van der Waals surface area contributed by atoms with Crippen molar-refractivity contribution in [2.45, 2.75) is 126 Å². The van der Waals surface area contributed by atoms with Crippen LogP contribution in [-0.4, -0.2) is 92.5 Å². The van der Waals surface area contributed by atoms with Gasteiger partial charge in [0.15, 0.2) is 92.5 Å². The van der Waals surface area contributed by atoms with Gasteiger partial charge in [0.2, 0.25) is 0 Å². The lowest BCUT2D eigenvalue weighted by atomic mass is 9.58. The normalized spacial score (nSPS) is 31.2. The van der Waals surface area contributed by atoms with E-state index >= 15 is 0 Å². The molecule has 0 aromatic rings. The molecule has 4 fully saturated rings. The first-order valence-electron chi connectivity index (χ1n) is 21.9. The highest BCUT2D eigenvalue weighted by Gasteiger charge is 2.62. The van der Waals surface area contributed by atoms with E-state index in [0.29, 0.717) is 0 Å². The molecule has 4 saturated carbocycles. The van der Waals surface area contributed by atoms with E-state index in [4.69, 9.17) is 0 Å². The predicted octanol–water partition coefficient (Wildman–Crippen LogP) is 2.73. The molecule has 4 aliphatic rings. The van der Waals surface area contributed by atoms with Gasteiger partial charge in [0.05, 0.1) is 46.3 Å². The Morgan fingerprint density at radius 3 is 0.762 bits per heavy atom. The molecule has 0 amide bonds. The topological polar surface area (TPSA) is 273 Å². The van der Waals surface area contributed by atoms with Crippen molar-refractivity contribution in [3.63, 3.8) is 0 Å². The summed E-state index contributed by atoms with van der Waals surface area (Å²) in [4.78, 5) is 221. The predicted molar refractivity (Wildman–Crippen MR) is 216 cm³/mol. The number of ketones is 16. The zero-order valence-electron chi connectivity index (χ0n) is 37.1. The van der Waals surface area contributed by atoms with Crippen LogP contribution in [0.5, 0.6) is 0 Å². The van der Waals surface area contributed by atoms with E-state index in [-0.39, 0.29) is 51.4 Å². The summed E-state index contributed by atoms with van der Waals surface area (Å²) in [6.07, 6.45) is -3.28. The molecule has 0 saturated heterocycles. The highest BCUT2D eigenvalue weighted by Crippen LogP contribution is 2.44. The van der Waals surface area contributed by atoms with Gasteiger partial charge in [0.25, 0.3) is 0 Å². The number of carbonyl (C=O) groups is 16. The SMILES string of the molecule is CCCC(=O)C1C(=O)C(CC2C(=O)C(CC3C(=O)C(C(=O)CCC)C(=O)C(C)(C)C3=O)C(=O)C(C(=O)CCC)C2=O)C(=O)C(CC2C(=O)C(C(=O)CCC)C(=O)C(C)(C)C2=O)C1=O. The van der Waals surface area contributed by atoms with Gasteiger partial charge < -0.3 is 0 Å². The third kappa shape index (κ3) is 8.83. The molecule has 10 unspecified atom stereocenters. The van der Waals surface area contributed by atoms with E-state index in [1.54, 1.807) is 27.7 Å². The Hall–Kier alpha value is -5.28. The van der Waals surface area contributed by atoms with Crippen molar-refractivity contribution in [2.24, 2.45) is 70.0 Å².